The van der Waals surface area contributed by atoms with Crippen molar-refractivity contribution in [3.8, 4) is 5.69 Å². The maximum absolute atomic E-state index is 12.3. The first-order valence-electron chi connectivity index (χ1n) is 7.54. The highest BCUT2D eigenvalue weighted by Crippen LogP contribution is 2.12. The molecule has 0 saturated carbocycles. The maximum atomic E-state index is 12.3. The third-order valence-electron chi connectivity index (χ3n) is 3.43. The number of aliphatic carboxylic acids is 1. The molecule has 6 nitrogen and oxygen atoms in total. The zero-order valence-corrected chi connectivity index (χ0v) is 13.5. The van der Waals surface area contributed by atoms with Crippen LogP contribution in [0.3, 0.4) is 0 Å². The van der Waals surface area contributed by atoms with Gasteiger partial charge in [-0.15, -0.1) is 0 Å². The molecule has 2 rings (SSSR count). The first-order valence-corrected chi connectivity index (χ1v) is 7.54. The third kappa shape index (κ3) is 4.18. The summed E-state index contributed by atoms with van der Waals surface area (Å²) >= 11 is 0. The van der Waals surface area contributed by atoms with E-state index in [0.29, 0.717) is 6.42 Å². The van der Waals surface area contributed by atoms with Gasteiger partial charge in [0.15, 0.2) is 5.69 Å². The van der Waals surface area contributed by atoms with Crippen LogP contribution in [0.25, 0.3) is 5.69 Å². The van der Waals surface area contributed by atoms with Crippen LogP contribution in [0.5, 0.6) is 0 Å². The van der Waals surface area contributed by atoms with Crippen LogP contribution in [0, 0.1) is 12.8 Å². The molecular formula is C17H21N3O3. The molecule has 1 atom stereocenters. The van der Waals surface area contributed by atoms with E-state index < -0.39 is 17.9 Å². The quantitative estimate of drug-likeness (QED) is 0.857. The Hall–Kier alpha value is -2.63. The number of carboxylic acid groups (broad SMARTS) is 1. The first-order chi connectivity index (χ1) is 10.9. The van der Waals surface area contributed by atoms with Crippen molar-refractivity contribution in [1.29, 1.82) is 0 Å². The molecule has 0 aliphatic rings. The molecule has 0 radical (unpaired) electrons. The Morgan fingerprint density at radius 2 is 1.91 bits per heavy atom. The van der Waals surface area contributed by atoms with Gasteiger partial charge in [-0.3, -0.25) is 4.79 Å². The number of aryl methyl sites for hydroxylation is 1. The number of para-hydroxylation sites is 1. The van der Waals surface area contributed by atoms with E-state index in [0.717, 1.165) is 11.4 Å². The Balaban J connectivity index is 2.19. The Bertz CT molecular complexity index is 692. The lowest BCUT2D eigenvalue weighted by atomic mass is 10.0. The molecule has 0 unspecified atom stereocenters. The molecule has 0 saturated heterocycles. The Morgan fingerprint density at radius 1 is 1.26 bits per heavy atom. The summed E-state index contributed by atoms with van der Waals surface area (Å²) in [6.45, 7) is 5.67. The number of carbonyl (C=O) groups excluding carboxylic acids is 1. The van der Waals surface area contributed by atoms with E-state index in [9.17, 15) is 14.7 Å². The smallest absolute Gasteiger partial charge is 0.326 e. The number of rotatable bonds is 6. The summed E-state index contributed by atoms with van der Waals surface area (Å²) in [7, 11) is 0. The summed E-state index contributed by atoms with van der Waals surface area (Å²) in [6, 6.07) is 10.2. The number of nitrogens with one attached hydrogen (secondary N) is 1. The molecule has 122 valence electrons. The molecule has 1 amide bonds. The molecule has 0 aliphatic carbocycles. The Labute approximate surface area is 135 Å². The second-order valence-corrected chi connectivity index (χ2v) is 5.91. The van der Waals surface area contributed by atoms with Crippen LogP contribution < -0.4 is 5.32 Å². The minimum Gasteiger partial charge on any atom is -0.480 e. The number of benzene rings is 1. The average molecular weight is 315 g/mol. The van der Waals surface area contributed by atoms with E-state index >= 15 is 0 Å². The van der Waals surface area contributed by atoms with Crippen molar-refractivity contribution < 1.29 is 14.7 Å². The van der Waals surface area contributed by atoms with Crippen molar-refractivity contribution >= 4 is 11.9 Å². The van der Waals surface area contributed by atoms with E-state index in [2.05, 4.69) is 10.4 Å². The van der Waals surface area contributed by atoms with Crippen molar-refractivity contribution in [2.24, 2.45) is 5.92 Å². The molecule has 0 bridgehead atoms. The number of aromatic nitrogens is 2. The molecule has 0 spiro atoms. The molecule has 0 fully saturated rings. The monoisotopic (exact) mass is 315 g/mol. The zero-order valence-electron chi connectivity index (χ0n) is 13.5. The SMILES string of the molecule is Cc1cc(C(=O)N[C@H](CC(C)C)C(=O)O)nn1-c1ccccc1. The second kappa shape index (κ2) is 7.09. The zero-order chi connectivity index (χ0) is 17.0. The molecule has 1 aromatic carbocycles. The van der Waals surface area contributed by atoms with Gasteiger partial charge in [-0.05, 0) is 37.5 Å². The highest BCUT2D eigenvalue weighted by Gasteiger charge is 2.23. The number of carboxylic acids is 1. The van der Waals surface area contributed by atoms with Gasteiger partial charge in [-0.25, -0.2) is 9.48 Å². The van der Waals surface area contributed by atoms with Crippen LogP contribution in [-0.4, -0.2) is 32.8 Å². The minimum atomic E-state index is -1.04. The van der Waals surface area contributed by atoms with E-state index in [4.69, 9.17) is 0 Å². The second-order valence-electron chi connectivity index (χ2n) is 5.91. The number of carbonyl (C=O) groups is 2. The Kier molecular flexibility index (Phi) is 5.16. The van der Waals surface area contributed by atoms with Crippen molar-refractivity contribution in [1.82, 2.24) is 15.1 Å². The van der Waals surface area contributed by atoms with Gasteiger partial charge < -0.3 is 10.4 Å². The summed E-state index contributed by atoms with van der Waals surface area (Å²) in [5, 5.41) is 16.0. The molecule has 1 aromatic heterocycles. The average Bonchev–Trinajstić information content (AvgIpc) is 2.89. The topological polar surface area (TPSA) is 84.2 Å². The van der Waals surface area contributed by atoms with Gasteiger partial charge in [0.05, 0.1) is 5.69 Å². The van der Waals surface area contributed by atoms with Crippen LogP contribution in [0.2, 0.25) is 0 Å². The molecule has 1 heterocycles. The standard InChI is InChI=1S/C17H21N3O3/c1-11(2)9-15(17(22)23)18-16(21)14-10-12(3)20(19-14)13-7-5-4-6-8-13/h4-8,10-11,15H,9H2,1-3H3,(H,18,21)(H,22,23)/t15-/m1/s1. The fourth-order valence-electron chi connectivity index (χ4n) is 2.34. The van der Waals surface area contributed by atoms with Crippen molar-refractivity contribution in [3.05, 3.63) is 47.8 Å². The van der Waals surface area contributed by atoms with Gasteiger partial charge in [0, 0.05) is 5.69 Å². The van der Waals surface area contributed by atoms with Gasteiger partial charge in [0.1, 0.15) is 6.04 Å². The number of hydrogen-bond donors (Lipinski definition) is 2. The van der Waals surface area contributed by atoms with Crippen LogP contribution in [-0.2, 0) is 4.79 Å². The van der Waals surface area contributed by atoms with Gasteiger partial charge in [-0.1, -0.05) is 32.0 Å². The first kappa shape index (κ1) is 16.7. The predicted molar refractivity (Wildman–Crippen MR) is 86.6 cm³/mol. The van der Waals surface area contributed by atoms with Gasteiger partial charge in [0.25, 0.3) is 5.91 Å². The van der Waals surface area contributed by atoms with Gasteiger partial charge >= 0.3 is 5.97 Å². The predicted octanol–water partition coefficient (Wildman–Crippen LogP) is 2.41. The normalized spacial score (nSPS) is 12.2. The highest BCUT2D eigenvalue weighted by atomic mass is 16.4. The number of hydrogen-bond acceptors (Lipinski definition) is 3. The largest absolute Gasteiger partial charge is 0.480 e. The lowest BCUT2D eigenvalue weighted by Gasteiger charge is -2.15. The van der Waals surface area contributed by atoms with Gasteiger partial charge in [-0.2, -0.15) is 5.10 Å². The lowest BCUT2D eigenvalue weighted by molar-refractivity contribution is -0.139. The molecule has 23 heavy (non-hydrogen) atoms. The maximum Gasteiger partial charge on any atom is 0.326 e. The van der Waals surface area contributed by atoms with E-state index in [1.165, 1.54) is 0 Å². The summed E-state index contributed by atoms with van der Waals surface area (Å²) < 4.78 is 1.66. The van der Waals surface area contributed by atoms with Crippen molar-refractivity contribution in [2.75, 3.05) is 0 Å². The molecular weight excluding hydrogens is 294 g/mol. The van der Waals surface area contributed by atoms with E-state index in [-0.39, 0.29) is 11.6 Å². The van der Waals surface area contributed by atoms with E-state index in [1.807, 2.05) is 51.1 Å². The van der Waals surface area contributed by atoms with Crippen LogP contribution in [0.4, 0.5) is 0 Å². The molecule has 2 N–H and O–H groups in total. The van der Waals surface area contributed by atoms with Crippen LogP contribution in [0.1, 0.15) is 36.5 Å². The minimum absolute atomic E-state index is 0.167. The van der Waals surface area contributed by atoms with Crippen LogP contribution in [0.15, 0.2) is 36.4 Å². The number of amides is 1. The fourth-order valence-corrected chi connectivity index (χ4v) is 2.34. The summed E-state index contributed by atoms with van der Waals surface area (Å²) in [6.07, 6.45) is 0.374. The van der Waals surface area contributed by atoms with Crippen LogP contribution >= 0.6 is 0 Å². The van der Waals surface area contributed by atoms with Crippen molar-refractivity contribution in [3.63, 3.8) is 0 Å². The highest BCUT2D eigenvalue weighted by molar-refractivity contribution is 5.95. The fraction of sp³-hybridized carbons (Fsp3) is 0.353. The number of nitrogens with zero attached hydrogens (tertiary/aromatic N) is 2. The Morgan fingerprint density at radius 3 is 2.48 bits per heavy atom. The van der Waals surface area contributed by atoms with Crippen molar-refractivity contribution in [2.45, 2.75) is 33.2 Å². The summed E-state index contributed by atoms with van der Waals surface area (Å²) in [5.41, 5.74) is 1.86. The lowest BCUT2D eigenvalue weighted by Crippen LogP contribution is -2.41. The van der Waals surface area contributed by atoms with Gasteiger partial charge in [0.2, 0.25) is 0 Å². The summed E-state index contributed by atoms with van der Waals surface area (Å²) in [5.74, 6) is -1.35. The third-order valence-corrected chi connectivity index (χ3v) is 3.43. The molecule has 6 heteroatoms. The van der Waals surface area contributed by atoms with E-state index in [1.54, 1.807) is 10.7 Å². The molecule has 0 aliphatic heterocycles. The summed E-state index contributed by atoms with van der Waals surface area (Å²) in [4.78, 5) is 23.5. The molecule has 2 aromatic rings.